The first-order valence-corrected chi connectivity index (χ1v) is 12.2. The van der Waals surface area contributed by atoms with Crippen LogP contribution in [0.25, 0.3) is 11.0 Å². The van der Waals surface area contributed by atoms with Crippen LogP contribution < -0.4 is 10.0 Å². The summed E-state index contributed by atoms with van der Waals surface area (Å²) in [6, 6.07) is 21.4. The van der Waals surface area contributed by atoms with E-state index < -0.39 is 10.0 Å². The Morgan fingerprint density at radius 2 is 1.56 bits per heavy atom. The number of rotatable bonds is 8. The number of nitrogens with zero attached hydrogens (tertiary/aromatic N) is 2. The van der Waals surface area contributed by atoms with Gasteiger partial charge in [-0.3, -0.25) is 4.72 Å². The molecular formula is C24H23ClN4O2S. The van der Waals surface area contributed by atoms with Crippen LogP contribution in [0, 0.1) is 0 Å². The molecule has 0 saturated carbocycles. The number of aromatic nitrogens is 2. The van der Waals surface area contributed by atoms with E-state index in [0.717, 1.165) is 24.9 Å². The highest BCUT2D eigenvalue weighted by atomic mass is 35.5. The van der Waals surface area contributed by atoms with Gasteiger partial charge in [0.1, 0.15) is 0 Å². The van der Waals surface area contributed by atoms with E-state index in [2.05, 4.69) is 39.1 Å². The Morgan fingerprint density at radius 3 is 2.22 bits per heavy atom. The minimum Gasteiger partial charge on any atom is -0.337 e. The lowest BCUT2D eigenvalue weighted by atomic mass is 10.1. The number of benzene rings is 3. The fourth-order valence-electron chi connectivity index (χ4n) is 3.25. The third-order valence-corrected chi connectivity index (χ3v) is 6.52. The summed E-state index contributed by atoms with van der Waals surface area (Å²) in [7, 11) is -3.91. The number of unbranched alkanes of at least 4 members (excludes halogenated alkanes) is 1. The van der Waals surface area contributed by atoms with E-state index >= 15 is 0 Å². The molecule has 8 heteroatoms. The maximum atomic E-state index is 13.0. The summed E-state index contributed by atoms with van der Waals surface area (Å²) in [5.74, 6) is 0.425. The highest BCUT2D eigenvalue weighted by molar-refractivity contribution is 7.92. The summed E-state index contributed by atoms with van der Waals surface area (Å²) < 4.78 is 28.5. The fraction of sp³-hybridized carbons (Fsp3) is 0.167. The second kappa shape index (κ2) is 9.54. The van der Waals surface area contributed by atoms with Gasteiger partial charge in [0.2, 0.25) is 0 Å². The van der Waals surface area contributed by atoms with Crippen molar-refractivity contribution in [3.63, 3.8) is 0 Å². The van der Waals surface area contributed by atoms with Crippen LogP contribution in [0.5, 0.6) is 0 Å². The van der Waals surface area contributed by atoms with E-state index in [-0.39, 0.29) is 10.7 Å². The van der Waals surface area contributed by atoms with Gasteiger partial charge in [-0.05, 0) is 60.9 Å². The van der Waals surface area contributed by atoms with E-state index in [0.29, 0.717) is 21.9 Å². The van der Waals surface area contributed by atoms with E-state index in [9.17, 15) is 8.42 Å². The van der Waals surface area contributed by atoms with Crippen molar-refractivity contribution < 1.29 is 8.42 Å². The number of nitrogens with one attached hydrogen (secondary N) is 2. The van der Waals surface area contributed by atoms with Gasteiger partial charge in [0.15, 0.2) is 11.6 Å². The molecule has 2 N–H and O–H groups in total. The van der Waals surface area contributed by atoms with Crippen molar-refractivity contribution in [2.24, 2.45) is 0 Å². The lowest BCUT2D eigenvalue weighted by molar-refractivity contribution is 0.601. The zero-order valence-corrected chi connectivity index (χ0v) is 19.1. The Morgan fingerprint density at radius 1 is 0.875 bits per heavy atom. The quantitative estimate of drug-likeness (QED) is 0.324. The average molecular weight is 467 g/mol. The molecule has 1 aromatic heterocycles. The smallest absolute Gasteiger partial charge is 0.263 e. The molecule has 32 heavy (non-hydrogen) atoms. The molecule has 0 spiro atoms. The van der Waals surface area contributed by atoms with E-state index in [1.807, 2.05) is 30.3 Å². The van der Waals surface area contributed by atoms with Crippen molar-refractivity contribution >= 4 is 50.0 Å². The number of para-hydroxylation sites is 2. The first-order chi connectivity index (χ1) is 15.4. The Labute approximate surface area is 192 Å². The Bertz CT molecular complexity index is 1340. The largest absolute Gasteiger partial charge is 0.337 e. The minimum atomic E-state index is -3.91. The van der Waals surface area contributed by atoms with Gasteiger partial charge >= 0.3 is 0 Å². The predicted octanol–water partition coefficient (Wildman–Crippen LogP) is 6.17. The standard InChI is InChI=1S/C24H23ClN4O2S/c1-2-3-7-17-12-14-19(15-13-17)26-23-24(28-22-11-5-4-10-21(22)27-23)29-32(30,31)20-9-6-8-18(25)16-20/h4-6,8-16H,2-3,7H2,1H3,(H,26,27)(H,28,29). The van der Waals surface area contributed by atoms with Gasteiger partial charge in [0.05, 0.1) is 15.9 Å². The first kappa shape index (κ1) is 22.0. The van der Waals surface area contributed by atoms with Crippen molar-refractivity contribution in [1.29, 1.82) is 0 Å². The van der Waals surface area contributed by atoms with Crippen molar-refractivity contribution in [2.45, 2.75) is 31.1 Å². The molecule has 1 heterocycles. The van der Waals surface area contributed by atoms with Gasteiger partial charge in [0, 0.05) is 10.7 Å². The molecule has 6 nitrogen and oxygen atoms in total. The van der Waals surface area contributed by atoms with Gasteiger partial charge in [-0.15, -0.1) is 0 Å². The second-order valence-electron chi connectivity index (χ2n) is 7.40. The third kappa shape index (κ3) is 5.18. The predicted molar refractivity (Wildman–Crippen MR) is 130 cm³/mol. The Hall–Kier alpha value is -3.16. The van der Waals surface area contributed by atoms with Crippen LogP contribution in [0.3, 0.4) is 0 Å². The molecule has 4 aromatic rings. The topological polar surface area (TPSA) is 84.0 Å². The van der Waals surface area contributed by atoms with Crippen LogP contribution in [0.1, 0.15) is 25.3 Å². The van der Waals surface area contributed by atoms with Crippen LogP contribution in [0.2, 0.25) is 5.02 Å². The normalized spacial score (nSPS) is 11.4. The van der Waals surface area contributed by atoms with E-state index in [1.165, 1.54) is 17.7 Å². The summed E-state index contributed by atoms with van der Waals surface area (Å²) in [4.78, 5) is 9.17. The van der Waals surface area contributed by atoms with Crippen LogP contribution in [0.15, 0.2) is 77.7 Å². The Kier molecular flexibility index (Phi) is 6.58. The average Bonchev–Trinajstić information content (AvgIpc) is 2.79. The van der Waals surface area contributed by atoms with Crippen LogP contribution >= 0.6 is 11.6 Å². The molecule has 0 atom stereocenters. The number of hydrogen-bond acceptors (Lipinski definition) is 5. The van der Waals surface area contributed by atoms with Crippen LogP contribution in [-0.2, 0) is 16.4 Å². The summed E-state index contributed by atoms with van der Waals surface area (Å²) in [6.45, 7) is 2.17. The van der Waals surface area contributed by atoms with Gasteiger partial charge in [-0.25, -0.2) is 18.4 Å². The molecule has 0 saturated heterocycles. The van der Waals surface area contributed by atoms with Crippen molar-refractivity contribution in [3.8, 4) is 0 Å². The SMILES string of the molecule is CCCCc1ccc(Nc2nc3ccccc3nc2NS(=O)(=O)c2cccc(Cl)c2)cc1. The van der Waals surface area contributed by atoms with Gasteiger partial charge < -0.3 is 5.32 Å². The number of hydrogen-bond donors (Lipinski definition) is 2. The second-order valence-corrected chi connectivity index (χ2v) is 9.52. The molecule has 0 aliphatic rings. The maximum Gasteiger partial charge on any atom is 0.263 e. The van der Waals surface area contributed by atoms with Crippen molar-refractivity contribution in [1.82, 2.24) is 9.97 Å². The molecular weight excluding hydrogens is 444 g/mol. The summed E-state index contributed by atoms with van der Waals surface area (Å²) in [5.41, 5.74) is 3.28. The van der Waals surface area contributed by atoms with Gasteiger partial charge in [0.25, 0.3) is 10.0 Å². The molecule has 3 aromatic carbocycles. The number of sulfonamides is 1. The maximum absolute atomic E-state index is 13.0. The molecule has 4 rings (SSSR count). The van der Waals surface area contributed by atoms with Crippen LogP contribution in [0.4, 0.5) is 17.3 Å². The van der Waals surface area contributed by atoms with Crippen molar-refractivity contribution in [2.75, 3.05) is 10.0 Å². The summed E-state index contributed by atoms with van der Waals surface area (Å²) in [5, 5.41) is 3.54. The number of halogens is 1. The number of aryl methyl sites for hydroxylation is 1. The van der Waals surface area contributed by atoms with E-state index in [4.69, 9.17) is 11.6 Å². The number of anilines is 3. The lowest BCUT2D eigenvalue weighted by Crippen LogP contribution is -2.16. The molecule has 0 fully saturated rings. The molecule has 164 valence electrons. The van der Waals surface area contributed by atoms with E-state index in [1.54, 1.807) is 18.2 Å². The number of fused-ring (bicyclic) bond motifs is 1. The molecule has 0 unspecified atom stereocenters. The fourth-order valence-corrected chi connectivity index (χ4v) is 4.56. The third-order valence-electron chi connectivity index (χ3n) is 4.94. The van der Waals surface area contributed by atoms with Crippen LogP contribution in [-0.4, -0.2) is 18.4 Å². The lowest BCUT2D eigenvalue weighted by Gasteiger charge is -2.14. The molecule has 0 radical (unpaired) electrons. The monoisotopic (exact) mass is 466 g/mol. The summed E-state index contributed by atoms with van der Waals surface area (Å²) >= 11 is 5.98. The molecule has 0 bridgehead atoms. The molecule has 0 aliphatic carbocycles. The first-order valence-electron chi connectivity index (χ1n) is 10.4. The summed E-state index contributed by atoms with van der Waals surface area (Å²) in [6.07, 6.45) is 3.30. The highest BCUT2D eigenvalue weighted by Crippen LogP contribution is 2.28. The molecule has 0 aliphatic heterocycles. The van der Waals surface area contributed by atoms with Gasteiger partial charge in [-0.2, -0.15) is 0 Å². The zero-order chi connectivity index (χ0) is 22.6. The highest BCUT2D eigenvalue weighted by Gasteiger charge is 2.19. The van der Waals surface area contributed by atoms with Crippen molar-refractivity contribution in [3.05, 3.63) is 83.4 Å². The minimum absolute atomic E-state index is 0.0474. The zero-order valence-electron chi connectivity index (χ0n) is 17.5. The Balaban J connectivity index is 1.69. The van der Waals surface area contributed by atoms with Gasteiger partial charge in [-0.1, -0.05) is 55.3 Å². The molecule has 0 amide bonds.